The van der Waals surface area contributed by atoms with Crippen molar-refractivity contribution in [2.75, 3.05) is 13.2 Å². The van der Waals surface area contributed by atoms with E-state index in [0.29, 0.717) is 6.61 Å². The first-order valence-corrected chi connectivity index (χ1v) is 9.11. The van der Waals surface area contributed by atoms with E-state index in [1.807, 2.05) is 38.6 Å². The molecule has 0 spiro atoms. The van der Waals surface area contributed by atoms with E-state index in [0.717, 1.165) is 44.6 Å². The summed E-state index contributed by atoms with van der Waals surface area (Å²) in [6, 6.07) is 0.191. The number of amides is 1. The zero-order valence-corrected chi connectivity index (χ0v) is 15.9. The predicted octanol–water partition coefficient (Wildman–Crippen LogP) is 2.36. The van der Waals surface area contributed by atoms with E-state index in [1.54, 1.807) is 6.20 Å². The van der Waals surface area contributed by atoms with Gasteiger partial charge < -0.3 is 24.7 Å². The Balaban J connectivity index is 1.53. The molecule has 0 unspecified atom stereocenters. The quantitative estimate of drug-likeness (QED) is 0.737. The molecule has 2 rings (SSSR count). The van der Waals surface area contributed by atoms with E-state index in [4.69, 9.17) is 9.47 Å². The van der Waals surface area contributed by atoms with Gasteiger partial charge in [-0.2, -0.15) is 0 Å². The highest BCUT2D eigenvalue weighted by Crippen LogP contribution is 2.21. The molecule has 7 heteroatoms. The third-order valence-corrected chi connectivity index (χ3v) is 4.23. The summed E-state index contributed by atoms with van der Waals surface area (Å²) in [6.45, 7) is 7.87. The molecule has 0 saturated heterocycles. The van der Waals surface area contributed by atoms with E-state index in [2.05, 4.69) is 15.6 Å². The van der Waals surface area contributed by atoms with Gasteiger partial charge in [-0.1, -0.05) is 0 Å². The van der Waals surface area contributed by atoms with Crippen molar-refractivity contribution in [2.24, 2.45) is 7.05 Å². The first-order valence-electron chi connectivity index (χ1n) is 9.11. The number of ether oxygens (including phenoxy) is 2. The Morgan fingerprint density at radius 1 is 1.32 bits per heavy atom. The van der Waals surface area contributed by atoms with Crippen molar-refractivity contribution in [1.29, 1.82) is 0 Å². The summed E-state index contributed by atoms with van der Waals surface area (Å²) >= 11 is 0. The summed E-state index contributed by atoms with van der Waals surface area (Å²) < 4.78 is 13.2. The maximum Gasteiger partial charge on any atom is 0.407 e. The van der Waals surface area contributed by atoms with Crippen LogP contribution in [0.4, 0.5) is 4.79 Å². The van der Waals surface area contributed by atoms with Crippen LogP contribution in [-0.2, 0) is 23.1 Å². The number of aryl methyl sites for hydroxylation is 1. The van der Waals surface area contributed by atoms with Crippen LogP contribution in [0.3, 0.4) is 0 Å². The first-order chi connectivity index (χ1) is 11.8. The molecule has 0 aromatic carbocycles. The summed E-state index contributed by atoms with van der Waals surface area (Å²) in [5.41, 5.74) is -0.452. The molecular weight excluding hydrogens is 320 g/mol. The highest BCUT2D eigenvalue weighted by atomic mass is 16.6. The number of hydrogen-bond acceptors (Lipinski definition) is 5. The third-order valence-electron chi connectivity index (χ3n) is 4.23. The molecule has 0 aliphatic heterocycles. The Labute approximate surface area is 150 Å². The molecule has 1 aromatic rings. The number of aromatic nitrogens is 2. The Bertz CT molecular complexity index is 531. The van der Waals surface area contributed by atoms with Crippen molar-refractivity contribution in [3.63, 3.8) is 0 Å². The molecule has 1 aromatic heterocycles. The number of rotatable bonds is 7. The van der Waals surface area contributed by atoms with Crippen LogP contribution in [0.2, 0.25) is 0 Å². The van der Waals surface area contributed by atoms with Crippen molar-refractivity contribution >= 4 is 6.09 Å². The molecule has 1 amide bonds. The van der Waals surface area contributed by atoms with Crippen molar-refractivity contribution < 1.29 is 14.3 Å². The minimum absolute atomic E-state index is 0.191. The number of hydrogen-bond donors (Lipinski definition) is 2. The number of alkyl carbamates (subject to hydrolysis) is 1. The van der Waals surface area contributed by atoms with Gasteiger partial charge in [0.1, 0.15) is 11.4 Å². The van der Waals surface area contributed by atoms with Gasteiger partial charge in [-0.25, -0.2) is 9.78 Å². The van der Waals surface area contributed by atoms with E-state index < -0.39 is 5.60 Å². The lowest BCUT2D eigenvalue weighted by molar-refractivity contribution is 0.0193. The number of carbonyl (C=O) groups excluding carboxylic acids is 1. The average molecular weight is 352 g/mol. The second-order valence-corrected chi connectivity index (χ2v) is 7.62. The van der Waals surface area contributed by atoms with Crippen molar-refractivity contribution in [2.45, 2.75) is 70.7 Å². The van der Waals surface area contributed by atoms with Crippen LogP contribution in [-0.4, -0.2) is 46.5 Å². The molecule has 1 saturated carbocycles. The third kappa shape index (κ3) is 7.44. The maximum atomic E-state index is 11.8. The fourth-order valence-corrected chi connectivity index (χ4v) is 2.91. The van der Waals surface area contributed by atoms with Crippen LogP contribution in [0.1, 0.15) is 52.3 Å². The monoisotopic (exact) mass is 352 g/mol. The van der Waals surface area contributed by atoms with Gasteiger partial charge in [0.25, 0.3) is 0 Å². The van der Waals surface area contributed by atoms with E-state index in [9.17, 15) is 4.79 Å². The van der Waals surface area contributed by atoms with Gasteiger partial charge in [-0.3, -0.25) is 0 Å². The fourth-order valence-electron chi connectivity index (χ4n) is 2.91. The van der Waals surface area contributed by atoms with Crippen LogP contribution in [0.5, 0.6) is 0 Å². The van der Waals surface area contributed by atoms with Crippen molar-refractivity contribution in [3.8, 4) is 0 Å². The zero-order valence-electron chi connectivity index (χ0n) is 15.9. The molecule has 1 aliphatic rings. The normalized spacial score (nSPS) is 21.1. The smallest absolute Gasteiger partial charge is 0.407 e. The van der Waals surface area contributed by atoms with Crippen LogP contribution in [0, 0.1) is 0 Å². The molecular formula is C18H32N4O3. The van der Waals surface area contributed by atoms with Gasteiger partial charge in [-0.15, -0.1) is 0 Å². The molecule has 25 heavy (non-hydrogen) atoms. The summed E-state index contributed by atoms with van der Waals surface area (Å²) in [6.07, 6.45) is 7.52. The molecule has 0 radical (unpaired) electrons. The average Bonchev–Trinajstić information content (AvgIpc) is 2.92. The Kier molecular flexibility index (Phi) is 7.25. The minimum Gasteiger partial charge on any atom is -0.444 e. The molecule has 1 heterocycles. The fraction of sp³-hybridized carbons (Fsp3) is 0.778. The number of nitrogens with one attached hydrogen (secondary N) is 2. The standard InChI is InChI=1S/C18H32N4O3/c1-18(2,3)25-17(23)21-14-5-7-15(8-6-14)24-12-10-19-13-16-20-9-11-22(16)4/h9,11,14-15,19H,5-8,10,12-13H2,1-4H3,(H,21,23). The van der Waals surface area contributed by atoms with Gasteiger partial charge >= 0.3 is 6.09 Å². The van der Waals surface area contributed by atoms with Gasteiger partial charge in [0.15, 0.2) is 0 Å². The largest absolute Gasteiger partial charge is 0.444 e. The molecule has 142 valence electrons. The first kappa shape index (κ1) is 19.7. The van der Waals surface area contributed by atoms with Crippen molar-refractivity contribution in [3.05, 3.63) is 18.2 Å². The van der Waals surface area contributed by atoms with Gasteiger partial charge in [0.2, 0.25) is 0 Å². The van der Waals surface area contributed by atoms with Gasteiger partial charge in [-0.05, 0) is 46.5 Å². The maximum absolute atomic E-state index is 11.8. The van der Waals surface area contributed by atoms with E-state index in [1.165, 1.54) is 0 Å². The van der Waals surface area contributed by atoms with Crippen LogP contribution >= 0.6 is 0 Å². The second-order valence-electron chi connectivity index (χ2n) is 7.62. The number of nitrogens with zero attached hydrogens (tertiary/aromatic N) is 2. The van der Waals surface area contributed by atoms with Gasteiger partial charge in [0.05, 0.1) is 19.3 Å². The van der Waals surface area contributed by atoms with Crippen LogP contribution in [0.25, 0.3) is 0 Å². The Hall–Kier alpha value is -1.60. The lowest BCUT2D eigenvalue weighted by Gasteiger charge is -2.30. The summed E-state index contributed by atoms with van der Waals surface area (Å²) in [4.78, 5) is 16.1. The van der Waals surface area contributed by atoms with Crippen LogP contribution < -0.4 is 10.6 Å². The molecule has 7 nitrogen and oxygen atoms in total. The number of imidazole rings is 1. The predicted molar refractivity (Wildman–Crippen MR) is 96.3 cm³/mol. The zero-order chi connectivity index (χ0) is 18.3. The Morgan fingerprint density at radius 3 is 2.64 bits per heavy atom. The highest BCUT2D eigenvalue weighted by Gasteiger charge is 2.24. The molecule has 1 fully saturated rings. The lowest BCUT2D eigenvalue weighted by atomic mass is 9.93. The molecule has 0 atom stereocenters. The summed E-state index contributed by atoms with van der Waals surface area (Å²) in [5, 5.41) is 6.30. The number of carbonyl (C=O) groups is 1. The van der Waals surface area contributed by atoms with E-state index >= 15 is 0 Å². The summed E-state index contributed by atoms with van der Waals surface area (Å²) in [5.74, 6) is 1.02. The molecule has 0 bridgehead atoms. The minimum atomic E-state index is -0.452. The Morgan fingerprint density at radius 2 is 2.04 bits per heavy atom. The van der Waals surface area contributed by atoms with E-state index in [-0.39, 0.29) is 18.2 Å². The highest BCUT2D eigenvalue weighted by molar-refractivity contribution is 5.68. The summed E-state index contributed by atoms with van der Waals surface area (Å²) in [7, 11) is 1.99. The second kappa shape index (κ2) is 9.20. The van der Waals surface area contributed by atoms with Crippen LogP contribution in [0.15, 0.2) is 12.4 Å². The van der Waals surface area contributed by atoms with Gasteiger partial charge in [0, 0.05) is 32.0 Å². The molecule has 2 N–H and O–H groups in total. The SMILES string of the molecule is Cn1ccnc1CNCCOC1CCC(NC(=O)OC(C)(C)C)CC1. The molecule has 1 aliphatic carbocycles. The topological polar surface area (TPSA) is 77.4 Å². The lowest BCUT2D eigenvalue weighted by Crippen LogP contribution is -2.42. The van der Waals surface area contributed by atoms with Crippen molar-refractivity contribution in [1.82, 2.24) is 20.2 Å².